The van der Waals surface area contributed by atoms with Crippen molar-refractivity contribution in [2.24, 2.45) is 0 Å². The molecular weight excluding hydrogens is 224 g/mol. The molecule has 1 heterocycles. The first-order valence-corrected chi connectivity index (χ1v) is 5.46. The first-order chi connectivity index (χ1) is 7.74. The third-order valence-electron chi connectivity index (χ3n) is 1.98. The molecule has 0 aliphatic heterocycles. The highest BCUT2D eigenvalue weighted by Gasteiger charge is 2.05. The van der Waals surface area contributed by atoms with E-state index in [1.54, 1.807) is 18.2 Å². The number of rotatable bonds is 5. The predicted octanol–water partition coefficient (Wildman–Crippen LogP) is 2.27. The number of pyridine rings is 1. The van der Waals surface area contributed by atoms with E-state index in [2.05, 4.69) is 16.2 Å². The third-order valence-corrected chi connectivity index (χ3v) is 2.19. The van der Waals surface area contributed by atoms with Crippen molar-refractivity contribution in [2.45, 2.75) is 19.3 Å². The standard InChI is InChI=1S/C12H13ClN2O/c1-2-3-4-5-9-14-12(16)10-7-6-8-11(13)15-10/h1,6-8H,3-5,9H2,(H,14,16). The van der Waals surface area contributed by atoms with Gasteiger partial charge in [0.2, 0.25) is 0 Å². The average molecular weight is 237 g/mol. The maximum atomic E-state index is 11.6. The lowest BCUT2D eigenvalue weighted by Crippen LogP contribution is -2.25. The number of unbranched alkanes of at least 4 members (excludes halogenated alkanes) is 2. The molecule has 16 heavy (non-hydrogen) atoms. The molecule has 1 amide bonds. The molecule has 1 aromatic heterocycles. The quantitative estimate of drug-likeness (QED) is 0.484. The van der Waals surface area contributed by atoms with Crippen LogP contribution in [0.25, 0.3) is 0 Å². The molecular formula is C12H13ClN2O. The summed E-state index contributed by atoms with van der Waals surface area (Å²) in [5.74, 6) is 2.35. The number of hydrogen-bond acceptors (Lipinski definition) is 2. The van der Waals surface area contributed by atoms with Gasteiger partial charge in [0.25, 0.3) is 5.91 Å². The summed E-state index contributed by atoms with van der Waals surface area (Å²) >= 11 is 5.68. The van der Waals surface area contributed by atoms with Crippen LogP contribution in [0.5, 0.6) is 0 Å². The number of terminal acetylenes is 1. The number of aromatic nitrogens is 1. The highest BCUT2D eigenvalue weighted by atomic mass is 35.5. The summed E-state index contributed by atoms with van der Waals surface area (Å²) in [5.41, 5.74) is 0.337. The molecule has 0 atom stereocenters. The highest BCUT2D eigenvalue weighted by molar-refractivity contribution is 6.29. The van der Waals surface area contributed by atoms with Crippen LogP contribution in [0.15, 0.2) is 18.2 Å². The average Bonchev–Trinajstić information content (AvgIpc) is 2.28. The molecule has 3 nitrogen and oxygen atoms in total. The maximum absolute atomic E-state index is 11.6. The first kappa shape index (κ1) is 12.5. The minimum Gasteiger partial charge on any atom is -0.351 e. The first-order valence-electron chi connectivity index (χ1n) is 5.08. The second-order valence-electron chi connectivity index (χ2n) is 3.26. The number of nitrogens with zero attached hydrogens (tertiary/aromatic N) is 1. The van der Waals surface area contributed by atoms with Gasteiger partial charge in [0.1, 0.15) is 10.8 Å². The van der Waals surface area contributed by atoms with Gasteiger partial charge in [-0.3, -0.25) is 4.79 Å². The van der Waals surface area contributed by atoms with E-state index in [1.165, 1.54) is 0 Å². The Labute approximate surface area is 100 Å². The van der Waals surface area contributed by atoms with E-state index < -0.39 is 0 Å². The van der Waals surface area contributed by atoms with Gasteiger partial charge in [0.15, 0.2) is 0 Å². The molecule has 84 valence electrons. The van der Waals surface area contributed by atoms with Gasteiger partial charge in [-0.05, 0) is 25.0 Å². The summed E-state index contributed by atoms with van der Waals surface area (Å²) in [6, 6.07) is 4.95. The molecule has 4 heteroatoms. The highest BCUT2D eigenvalue weighted by Crippen LogP contribution is 2.04. The van der Waals surface area contributed by atoms with Crippen LogP contribution in [-0.4, -0.2) is 17.4 Å². The van der Waals surface area contributed by atoms with Crippen molar-refractivity contribution in [3.8, 4) is 12.3 Å². The van der Waals surface area contributed by atoms with Crippen LogP contribution >= 0.6 is 11.6 Å². The van der Waals surface area contributed by atoms with Crippen molar-refractivity contribution in [1.29, 1.82) is 0 Å². The molecule has 0 saturated carbocycles. The number of carbonyl (C=O) groups excluding carboxylic acids is 1. The van der Waals surface area contributed by atoms with Gasteiger partial charge >= 0.3 is 0 Å². The van der Waals surface area contributed by atoms with Crippen LogP contribution < -0.4 is 5.32 Å². The van der Waals surface area contributed by atoms with E-state index in [0.717, 1.165) is 19.3 Å². The summed E-state index contributed by atoms with van der Waals surface area (Å²) in [6.07, 6.45) is 7.65. The van der Waals surface area contributed by atoms with Crippen molar-refractivity contribution >= 4 is 17.5 Å². The molecule has 1 aromatic rings. The van der Waals surface area contributed by atoms with Crippen LogP contribution in [0.4, 0.5) is 0 Å². The zero-order valence-electron chi connectivity index (χ0n) is 8.87. The lowest BCUT2D eigenvalue weighted by Gasteiger charge is -2.03. The largest absolute Gasteiger partial charge is 0.351 e. The normalized spacial score (nSPS) is 9.50. The molecule has 0 aliphatic rings. The Morgan fingerprint density at radius 2 is 2.31 bits per heavy atom. The van der Waals surface area contributed by atoms with Crippen LogP contribution in [-0.2, 0) is 0 Å². The van der Waals surface area contributed by atoms with E-state index >= 15 is 0 Å². The van der Waals surface area contributed by atoms with Gasteiger partial charge in [-0.15, -0.1) is 12.3 Å². The van der Waals surface area contributed by atoms with Crippen LogP contribution in [0, 0.1) is 12.3 Å². The second-order valence-corrected chi connectivity index (χ2v) is 3.65. The Morgan fingerprint density at radius 1 is 1.50 bits per heavy atom. The fourth-order valence-electron chi connectivity index (χ4n) is 1.18. The van der Waals surface area contributed by atoms with Crippen molar-refractivity contribution < 1.29 is 4.79 Å². The number of halogens is 1. The molecule has 1 N–H and O–H groups in total. The van der Waals surface area contributed by atoms with Crippen LogP contribution in [0.1, 0.15) is 29.8 Å². The molecule has 0 radical (unpaired) electrons. The van der Waals surface area contributed by atoms with Gasteiger partial charge in [-0.25, -0.2) is 4.98 Å². The Hall–Kier alpha value is -1.53. The number of carbonyl (C=O) groups is 1. The lowest BCUT2D eigenvalue weighted by molar-refractivity contribution is 0.0948. The van der Waals surface area contributed by atoms with Crippen molar-refractivity contribution in [1.82, 2.24) is 10.3 Å². The molecule has 1 rings (SSSR count). The van der Waals surface area contributed by atoms with Crippen molar-refractivity contribution in [3.63, 3.8) is 0 Å². The number of amides is 1. The summed E-state index contributed by atoms with van der Waals surface area (Å²) < 4.78 is 0. The van der Waals surface area contributed by atoms with E-state index in [-0.39, 0.29) is 5.91 Å². The summed E-state index contributed by atoms with van der Waals surface area (Å²) in [4.78, 5) is 15.5. The van der Waals surface area contributed by atoms with Crippen molar-refractivity contribution in [3.05, 3.63) is 29.0 Å². The Kier molecular flexibility index (Phi) is 5.38. The van der Waals surface area contributed by atoms with Gasteiger partial charge in [0, 0.05) is 13.0 Å². The molecule has 0 saturated heterocycles. The molecule has 0 aliphatic carbocycles. The second kappa shape index (κ2) is 6.86. The Balaban J connectivity index is 2.33. The summed E-state index contributed by atoms with van der Waals surface area (Å²) in [6.45, 7) is 0.606. The third kappa shape index (κ3) is 4.33. The van der Waals surface area contributed by atoms with Crippen molar-refractivity contribution in [2.75, 3.05) is 6.54 Å². The van der Waals surface area contributed by atoms with Crippen LogP contribution in [0.2, 0.25) is 5.15 Å². The molecule has 0 bridgehead atoms. The monoisotopic (exact) mass is 236 g/mol. The van der Waals surface area contributed by atoms with E-state index in [1.807, 2.05) is 0 Å². The zero-order valence-corrected chi connectivity index (χ0v) is 9.63. The fourth-order valence-corrected chi connectivity index (χ4v) is 1.34. The number of nitrogens with one attached hydrogen (secondary N) is 1. The van der Waals surface area contributed by atoms with Gasteiger partial charge < -0.3 is 5.32 Å². The maximum Gasteiger partial charge on any atom is 0.269 e. The minimum atomic E-state index is -0.205. The smallest absolute Gasteiger partial charge is 0.269 e. The Bertz CT molecular complexity index is 398. The predicted molar refractivity (Wildman–Crippen MR) is 64.3 cm³/mol. The van der Waals surface area contributed by atoms with Gasteiger partial charge in [-0.2, -0.15) is 0 Å². The Morgan fingerprint density at radius 3 is 3.00 bits per heavy atom. The summed E-state index contributed by atoms with van der Waals surface area (Å²) in [7, 11) is 0. The molecule has 0 aromatic carbocycles. The van der Waals surface area contributed by atoms with E-state index in [9.17, 15) is 4.79 Å². The SMILES string of the molecule is C#CCCCCNC(=O)c1cccc(Cl)n1. The molecule has 0 unspecified atom stereocenters. The van der Waals surface area contributed by atoms with E-state index in [4.69, 9.17) is 18.0 Å². The molecule has 0 fully saturated rings. The zero-order chi connectivity index (χ0) is 11.8. The summed E-state index contributed by atoms with van der Waals surface area (Å²) in [5, 5.41) is 3.08. The number of hydrogen-bond donors (Lipinski definition) is 1. The molecule has 0 spiro atoms. The van der Waals surface area contributed by atoms with Gasteiger partial charge in [0.05, 0.1) is 0 Å². The fraction of sp³-hybridized carbons (Fsp3) is 0.333. The lowest BCUT2D eigenvalue weighted by atomic mass is 10.2. The minimum absolute atomic E-state index is 0.205. The van der Waals surface area contributed by atoms with E-state index in [0.29, 0.717) is 17.4 Å². The topological polar surface area (TPSA) is 42.0 Å². The van der Waals surface area contributed by atoms with Crippen LogP contribution in [0.3, 0.4) is 0 Å². The van der Waals surface area contributed by atoms with Gasteiger partial charge in [-0.1, -0.05) is 17.7 Å².